The third-order valence-corrected chi connectivity index (χ3v) is 3.55. The van der Waals surface area contributed by atoms with Gasteiger partial charge in [-0.1, -0.05) is 45.0 Å². The zero-order valence-electron chi connectivity index (χ0n) is 12.8. The van der Waals surface area contributed by atoms with Crippen molar-refractivity contribution in [2.24, 2.45) is 0 Å². The SMILES string of the molecule is CC(C)(C)c1ccc(-c2nnnn2-c2ccc(F)cc2)cc1. The maximum atomic E-state index is 13.0. The molecule has 0 aliphatic carbocycles. The van der Waals surface area contributed by atoms with Gasteiger partial charge in [0.15, 0.2) is 5.82 Å². The minimum atomic E-state index is -0.284. The van der Waals surface area contributed by atoms with E-state index >= 15 is 0 Å². The average Bonchev–Trinajstić information content (AvgIpc) is 2.97. The van der Waals surface area contributed by atoms with Gasteiger partial charge in [-0.05, 0) is 45.7 Å². The van der Waals surface area contributed by atoms with Crippen LogP contribution in [0.15, 0.2) is 48.5 Å². The van der Waals surface area contributed by atoms with Gasteiger partial charge in [-0.15, -0.1) is 5.10 Å². The quantitative estimate of drug-likeness (QED) is 0.723. The Morgan fingerprint density at radius 2 is 1.55 bits per heavy atom. The fourth-order valence-electron chi connectivity index (χ4n) is 2.24. The lowest BCUT2D eigenvalue weighted by Gasteiger charge is -2.19. The first-order chi connectivity index (χ1) is 10.4. The monoisotopic (exact) mass is 296 g/mol. The van der Waals surface area contributed by atoms with E-state index < -0.39 is 0 Å². The zero-order chi connectivity index (χ0) is 15.7. The van der Waals surface area contributed by atoms with Gasteiger partial charge in [0.1, 0.15) is 5.82 Å². The molecule has 0 bridgehead atoms. The van der Waals surface area contributed by atoms with Crippen molar-refractivity contribution in [2.45, 2.75) is 26.2 Å². The van der Waals surface area contributed by atoms with Crippen LogP contribution in [-0.2, 0) is 5.41 Å². The Bertz CT molecular complexity index is 768. The van der Waals surface area contributed by atoms with Crippen LogP contribution in [0.1, 0.15) is 26.3 Å². The van der Waals surface area contributed by atoms with E-state index in [2.05, 4.69) is 48.4 Å². The molecule has 0 atom stereocenters. The largest absolute Gasteiger partial charge is 0.207 e. The molecule has 3 rings (SSSR count). The second-order valence-corrected chi connectivity index (χ2v) is 6.22. The Labute approximate surface area is 128 Å². The fourth-order valence-corrected chi connectivity index (χ4v) is 2.24. The maximum Gasteiger partial charge on any atom is 0.187 e. The molecule has 0 fully saturated rings. The summed E-state index contributed by atoms with van der Waals surface area (Å²) in [5.41, 5.74) is 2.99. The highest BCUT2D eigenvalue weighted by atomic mass is 19.1. The molecule has 0 N–H and O–H groups in total. The molecule has 5 heteroatoms. The number of aromatic nitrogens is 4. The first-order valence-electron chi connectivity index (χ1n) is 7.10. The average molecular weight is 296 g/mol. The van der Waals surface area contributed by atoms with Crippen LogP contribution in [0.3, 0.4) is 0 Å². The number of nitrogens with zero attached hydrogens (tertiary/aromatic N) is 4. The van der Waals surface area contributed by atoms with E-state index in [-0.39, 0.29) is 11.2 Å². The minimum Gasteiger partial charge on any atom is -0.207 e. The Morgan fingerprint density at radius 1 is 0.909 bits per heavy atom. The molecule has 0 saturated heterocycles. The smallest absolute Gasteiger partial charge is 0.187 e. The van der Waals surface area contributed by atoms with E-state index in [1.807, 2.05) is 12.1 Å². The minimum absolute atomic E-state index is 0.0986. The van der Waals surface area contributed by atoms with Gasteiger partial charge >= 0.3 is 0 Å². The topological polar surface area (TPSA) is 43.6 Å². The molecule has 1 heterocycles. The summed E-state index contributed by atoms with van der Waals surface area (Å²) >= 11 is 0. The Hall–Kier alpha value is -2.56. The van der Waals surface area contributed by atoms with Crippen LogP contribution >= 0.6 is 0 Å². The van der Waals surface area contributed by atoms with E-state index in [4.69, 9.17) is 0 Å². The molecular formula is C17H17FN4. The van der Waals surface area contributed by atoms with Crippen molar-refractivity contribution in [1.29, 1.82) is 0 Å². The molecule has 3 aromatic rings. The molecule has 4 nitrogen and oxygen atoms in total. The zero-order valence-corrected chi connectivity index (χ0v) is 12.8. The van der Waals surface area contributed by atoms with Crippen molar-refractivity contribution in [3.05, 3.63) is 59.9 Å². The lowest BCUT2D eigenvalue weighted by atomic mass is 9.87. The Kier molecular flexibility index (Phi) is 3.48. The van der Waals surface area contributed by atoms with Gasteiger partial charge in [-0.3, -0.25) is 0 Å². The highest BCUT2D eigenvalue weighted by Gasteiger charge is 2.15. The summed E-state index contributed by atoms with van der Waals surface area (Å²) in [6, 6.07) is 14.3. The van der Waals surface area contributed by atoms with Crippen LogP contribution < -0.4 is 0 Å². The predicted molar refractivity (Wildman–Crippen MR) is 83.2 cm³/mol. The van der Waals surface area contributed by atoms with Crippen LogP contribution in [0.5, 0.6) is 0 Å². The lowest BCUT2D eigenvalue weighted by Crippen LogP contribution is -2.10. The van der Waals surface area contributed by atoms with Crippen molar-refractivity contribution in [1.82, 2.24) is 20.2 Å². The van der Waals surface area contributed by atoms with Crippen LogP contribution in [-0.4, -0.2) is 20.2 Å². The number of tetrazole rings is 1. The van der Waals surface area contributed by atoms with Crippen molar-refractivity contribution < 1.29 is 4.39 Å². The highest BCUT2D eigenvalue weighted by molar-refractivity contribution is 5.58. The summed E-state index contributed by atoms with van der Waals surface area (Å²) in [7, 11) is 0. The van der Waals surface area contributed by atoms with Gasteiger partial charge in [0.05, 0.1) is 5.69 Å². The highest BCUT2D eigenvalue weighted by Crippen LogP contribution is 2.25. The fraction of sp³-hybridized carbons (Fsp3) is 0.235. The van der Waals surface area contributed by atoms with Crippen LogP contribution in [0.2, 0.25) is 0 Å². The molecule has 1 aromatic heterocycles. The predicted octanol–water partition coefficient (Wildman–Crippen LogP) is 3.77. The van der Waals surface area contributed by atoms with Gasteiger partial charge in [-0.2, -0.15) is 4.68 Å². The van der Waals surface area contributed by atoms with Crippen LogP contribution in [0, 0.1) is 5.82 Å². The first-order valence-corrected chi connectivity index (χ1v) is 7.10. The molecule has 112 valence electrons. The van der Waals surface area contributed by atoms with Gasteiger partial charge in [0.25, 0.3) is 0 Å². The van der Waals surface area contributed by atoms with E-state index in [0.717, 1.165) is 11.3 Å². The summed E-state index contributed by atoms with van der Waals surface area (Å²) in [6.07, 6.45) is 0. The number of halogens is 1. The summed E-state index contributed by atoms with van der Waals surface area (Å²) in [4.78, 5) is 0. The van der Waals surface area contributed by atoms with Gasteiger partial charge in [0.2, 0.25) is 0 Å². The molecule has 0 spiro atoms. The maximum absolute atomic E-state index is 13.0. The van der Waals surface area contributed by atoms with E-state index in [9.17, 15) is 4.39 Å². The first kappa shape index (κ1) is 14.4. The molecule has 0 aliphatic rings. The van der Waals surface area contributed by atoms with Crippen LogP contribution in [0.25, 0.3) is 17.1 Å². The summed E-state index contributed by atoms with van der Waals surface area (Å²) in [5, 5.41) is 11.8. The summed E-state index contributed by atoms with van der Waals surface area (Å²) < 4.78 is 14.6. The van der Waals surface area contributed by atoms with Crippen molar-refractivity contribution in [3.8, 4) is 17.1 Å². The number of hydrogen-bond acceptors (Lipinski definition) is 3. The molecule has 0 radical (unpaired) electrons. The van der Waals surface area contributed by atoms with Gasteiger partial charge in [0, 0.05) is 5.56 Å². The second-order valence-electron chi connectivity index (χ2n) is 6.22. The third kappa shape index (κ3) is 2.74. The number of benzene rings is 2. The second kappa shape index (κ2) is 5.33. The Balaban J connectivity index is 2.00. The molecular weight excluding hydrogens is 279 g/mol. The van der Waals surface area contributed by atoms with Gasteiger partial charge in [-0.25, -0.2) is 4.39 Å². The van der Waals surface area contributed by atoms with Crippen molar-refractivity contribution >= 4 is 0 Å². The summed E-state index contributed by atoms with van der Waals surface area (Å²) in [5.74, 6) is 0.347. The van der Waals surface area contributed by atoms with Crippen LogP contribution in [0.4, 0.5) is 4.39 Å². The molecule has 22 heavy (non-hydrogen) atoms. The standard InChI is InChI=1S/C17H17FN4/c1-17(2,3)13-6-4-12(5-7-13)16-19-20-21-22(16)15-10-8-14(18)9-11-15/h4-11H,1-3H3. The number of rotatable bonds is 2. The Morgan fingerprint density at radius 3 is 2.14 bits per heavy atom. The summed E-state index contributed by atoms with van der Waals surface area (Å²) in [6.45, 7) is 6.51. The van der Waals surface area contributed by atoms with E-state index in [1.54, 1.807) is 16.8 Å². The van der Waals surface area contributed by atoms with Gasteiger partial charge < -0.3 is 0 Å². The normalized spacial score (nSPS) is 11.6. The molecule has 2 aromatic carbocycles. The van der Waals surface area contributed by atoms with E-state index in [0.29, 0.717) is 5.82 Å². The molecule has 0 aliphatic heterocycles. The number of hydrogen-bond donors (Lipinski definition) is 0. The molecule has 0 saturated carbocycles. The molecule has 0 unspecified atom stereocenters. The molecule has 0 amide bonds. The third-order valence-electron chi connectivity index (χ3n) is 3.55. The van der Waals surface area contributed by atoms with E-state index in [1.165, 1.54) is 17.7 Å². The van der Waals surface area contributed by atoms with Crippen molar-refractivity contribution in [3.63, 3.8) is 0 Å². The lowest BCUT2D eigenvalue weighted by molar-refractivity contribution is 0.590. The van der Waals surface area contributed by atoms with Crippen molar-refractivity contribution in [2.75, 3.05) is 0 Å².